The molecule has 0 bridgehead atoms. The molecule has 2 aliphatic rings. The molecular formula is C36H58N8O3. The van der Waals surface area contributed by atoms with Crippen LogP contribution in [0.2, 0.25) is 0 Å². The van der Waals surface area contributed by atoms with Crippen molar-refractivity contribution in [2.24, 2.45) is 10.9 Å². The highest BCUT2D eigenvalue weighted by molar-refractivity contribution is 5.94. The molecule has 2 atom stereocenters. The van der Waals surface area contributed by atoms with Crippen molar-refractivity contribution in [2.75, 3.05) is 87.6 Å². The van der Waals surface area contributed by atoms with Crippen LogP contribution in [-0.2, 0) is 9.47 Å². The molecule has 4 rings (SSSR count). The van der Waals surface area contributed by atoms with Crippen LogP contribution in [0.25, 0.3) is 0 Å². The Morgan fingerprint density at radius 3 is 2.38 bits per heavy atom. The van der Waals surface area contributed by atoms with Crippen LogP contribution in [0.5, 0.6) is 0 Å². The Hall–Kier alpha value is -3.83. The second kappa shape index (κ2) is 15.8. The Balaban J connectivity index is 0.00000625. The van der Waals surface area contributed by atoms with Crippen molar-refractivity contribution < 1.29 is 15.7 Å². The summed E-state index contributed by atoms with van der Waals surface area (Å²) in [5.74, 6) is 3.11. The van der Waals surface area contributed by atoms with Crippen molar-refractivity contribution in [3.8, 4) is 0 Å². The fourth-order valence-electron chi connectivity index (χ4n) is 6.25. The van der Waals surface area contributed by atoms with E-state index in [0.717, 1.165) is 55.8 Å². The maximum atomic E-state index is 12.5. The van der Waals surface area contributed by atoms with E-state index in [9.17, 15) is 4.79 Å². The van der Waals surface area contributed by atoms with Gasteiger partial charge in [-0.05, 0) is 89.2 Å². The van der Waals surface area contributed by atoms with Gasteiger partial charge in [0.25, 0.3) is 0 Å². The molecule has 1 saturated heterocycles. The zero-order valence-electron chi connectivity index (χ0n) is 30.2. The molecule has 260 valence electrons. The maximum absolute atomic E-state index is 12.5. The lowest BCUT2D eigenvalue weighted by Crippen LogP contribution is -2.41. The predicted octanol–water partition coefficient (Wildman–Crippen LogP) is 6.35. The molecule has 0 aliphatic carbocycles. The van der Waals surface area contributed by atoms with Gasteiger partial charge in [-0.1, -0.05) is 26.8 Å². The van der Waals surface area contributed by atoms with Crippen LogP contribution < -0.4 is 20.0 Å². The summed E-state index contributed by atoms with van der Waals surface area (Å²) in [4.78, 5) is 33.3. The number of likely N-dealkylation sites (N-methyl/N-ethyl adjacent to an activating group) is 2. The number of aliphatic imine (C=N–C) groups is 1. The Morgan fingerprint density at radius 1 is 1.09 bits per heavy atom. The van der Waals surface area contributed by atoms with Gasteiger partial charge in [0.15, 0.2) is 0 Å². The summed E-state index contributed by atoms with van der Waals surface area (Å²) >= 11 is 0. The summed E-state index contributed by atoms with van der Waals surface area (Å²) in [7, 11) is 8.28. The van der Waals surface area contributed by atoms with Gasteiger partial charge in [0, 0.05) is 65.6 Å². The molecule has 2 aliphatic heterocycles. The summed E-state index contributed by atoms with van der Waals surface area (Å²) in [6, 6.07) is 14.4. The van der Waals surface area contributed by atoms with Gasteiger partial charge in [0.05, 0.1) is 12.1 Å². The second-order valence-corrected chi connectivity index (χ2v) is 13.3. The predicted molar refractivity (Wildman–Crippen MR) is 196 cm³/mol. The van der Waals surface area contributed by atoms with E-state index in [0.29, 0.717) is 25.6 Å². The van der Waals surface area contributed by atoms with Crippen molar-refractivity contribution in [1.82, 2.24) is 14.8 Å². The fourth-order valence-corrected chi connectivity index (χ4v) is 6.25. The molecule has 11 nitrogen and oxygen atoms in total. The number of rotatable bonds is 14. The molecule has 1 amide bonds. The first-order valence-corrected chi connectivity index (χ1v) is 17.0. The molecule has 0 spiro atoms. The Labute approximate surface area is 283 Å². The van der Waals surface area contributed by atoms with Gasteiger partial charge in [-0.15, -0.1) is 0 Å². The third kappa shape index (κ3) is 8.75. The quantitative estimate of drug-likeness (QED) is 0.186. The number of aromatic nitrogens is 1. The molecule has 0 saturated carbocycles. The molecule has 1 aromatic heterocycles. The first kappa shape index (κ1) is 36.0. The van der Waals surface area contributed by atoms with Gasteiger partial charge in [-0.2, -0.15) is 4.99 Å². The lowest BCUT2D eigenvalue weighted by atomic mass is 9.87. The van der Waals surface area contributed by atoms with Crippen molar-refractivity contribution in [3.05, 3.63) is 53.9 Å². The molecule has 1 N–H and O–H groups in total. The van der Waals surface area contributed by atoms with E-state index in [-0.39, 0.29) is 25.1 Å². The number of ether oxygens (including phenoxy) is 2. The Bertz CT molecular complexity index is 1410. The minimum Gasteiger partial charge on any atom is -0.447 e. The average Bonchev–Trinajstić information content (AvgIpc) is 3.58. The van der Waals surface area contributed by atoms with Crippen LogP contribution in [0.4, 0.5) is 27.8 Å². The fraction of sp³-hybridized carbons (Fsp3) is 0.583. The third-order valence-corrected chi connectivity index (χ3v) is 9.15. The summed E-state index contributed by atoms with van der Waals surface area (Å²) in [5, 5.41) is 3.58. The molecule has 1 fully saturated rings. The average molecular weight is 651 g/mol. The van der Waals surface area contributed by atoms with Crippen LogP contribution in [0.3, 0.4) is 0 Å². The molecule has 47 heavy (non-hydrogen) atoms. The van der Waals surface area contributed by atoms with Crippen molar-refractivity contribution in [2.45, 2.75) is 66.0 Å². The van der Waals surface area contributed by atoms with E-state index < -0.39 is 0 Å². The first-order valence-electron chi connectivity index (χ1n) is 17.0. The highest BCUT2D eigenvalue weighted by atomic mass is 16.6. The Morgan fingerprint density at radius 2 is 1.79 bits per heavy atom. The van der Waals surface area contributed by atoms with E-state index in [1.165, 1.54) is 11.3 Å². The van der Waals surface area contributed by atoms with Gasteiger partial charge in [-0.25, -0.2) is 9.78 Å². The number of benzene rings is 1. The van der Waals surface area contributed by atoms with Crippen LogP contribution in [0.15, 0.2) is 58.9 Å². The minimum atomic E-state index is -0.369. The van der Waals surface area contributed by atoms with Crippen molar-refractivity contribution >= 4 is 35.1 Å². The molecule has 1 aromatic carbocycles. The van der Waals surface area contributed by atoms with Crippen LogP contribution >= 0.6 is 0 Å². The molecule has 11 heteroatoms. The van der Waals surface area contributed by atoms with E-state index in [2.05, 4.69) is 93.0 Å². The number of carbonyl (C=O) groups is 1. The number of pyridine rings is 1. The number of hydrogen-bond acceptors (Lipinski definition) is 8. The largest absolute Gasteiger partial charge is 0.447 e. The highest BCUT2D eigenvalue weighted by Crippen LogP contribution is 2.43. The number of carbonyl (C=O) groups excluding carboxylic acids is 1. The summed E-state index contributed by atoms with van der Waals surface area (Å²) < 4.78 is 11.4. The van der Waals surface area contributed by atoms with Gasteiger partial charge in [-0.3, -0.25) is 4.90 Å². The first-order chi connectivity index (χ1) is 22.4. The van der Waals surface area contributed by atoms with Crippen LogP contribution in [-0.4, -0.2) is 106 Å². The summed E-state index contributed by atoms with van der Waals surface area (Å²) in [6.07, 6.45) is 1.25. The lowest BCUT2D eigenvalue weighted by molar-refractivity contribution is -0.0223. The number of anilines is 4. The molecular weight excluding hydrogens is 592 g/mol. The van der Waals surface area contributed by atoms with Gasteiger partial charge in [0.1, 0.15) is 24.1 Å². The maximum Gasteiger partial charge on any atom is 0.415 e. The molecule has 0 unspecified atom stereocenters. The Kier molecular flexibility index (Phi) is 12.1. The third-order valence-electron chi connectivity index (χ3n) is 9.15. The van der Waals surface area contributed by atoms with Gasteiger partial charge < -0.3 is 34.4 Å². The summed E-state index contributed by atoms with van der Waals surface area (Å²) in [5.41, 5.74) is 3.02. The lowest BCUT2D eigenvalue weighted by Gasteiger charge is -2.36. The van der Waals surface area contributed by atoms with Gasteiger partial charge >= 0.3 is 6.09 Å². The zero-order chi connectivity index (χ0) is 34.3. The monoisotopic (exact) mass is 650 g/mol. The van der Waals surface area contributed by atoms with E-state index in [1.807, 2.05) is 44.1 Å². The number of amides is 1. The normalized spacial score (nSPS) is 18.8. The van der Waals surface area contributed by atoms with Crippen LogP contribution in [0.1, 0.15) is 55.8 Å². The molecule has 3 heterocycles. The van der Waals surface area contributed by atoms with Crippen LogP contribution in [0, 0.1) is 5.92 Å². The number of cyclic esters (lactones) is 1. The van der Waals surface area contributed by atoms with Crippen molar-refractivity contribution in [3.63, 3.8) is 0 Å². The number of guanidine groups is 1. The topological polar surface area (TPSA) is 89.0 Å². The number of nitrogens with zero attached hydrogens (tertiary/aromatic N) is 7. The number of nitrogens with one attached hydrogen (secondary N) is 1. The van der Waals surface area contributed by atoms with E-state index >= 15 is 0 Å². The zero-order valence-corrected chi connectivity index (χ0v) is 30.2. The van der Waals surface area contributed by atoms with E-state index in [4.69, 9.17) is 19.5 Å². The summed E-state index contributed by atoms with van der Waals surface area (Å²) in [6.45, 7) is 17.5. The molecule has 0 radical (unpaired) electrons. The van der Waals surface area contributed by atoms with E-state index in [1.54, 1.807) is 4.90 Å². The van der Waals surface area contributed by atoms with Crippen molar-refractivity contribution in [1.29, 1.82) is 0 Å². The number of hydrogen-bond donors (Lipinski definition) is 1. The SMILES string of the molecule is CCOC(C)(C)C[C@H]1[C@H](C)C(CC)=C(/N=C(/Nc2ccc(N(C)CCN(C)CC)cc2)N(C)C)N1c1cccc(N2CCOC2=O)n1.[HH]. The molecule has 2 aromatic rings. The highest BCUT2D eigenvalue weighted by Gasteiger charge is 2.42. The second-order valence-electron chi connectivity index (χ2n) is 13.3. The smallest absolute Gasteiger partial charge is 0.415 e. The minimum absolute atomic E-state index is 0. The standard InChI is InChI=1S/C36H56N8O3.H2/c1-11-29-26(4)30(25-36(5,6)47-13-3)44(32-16-14-15-31(38-32)43-23-24-46-35(43)45)33(29)39-34(40(7)8)37-27-17-19-28(20-18-27)42(10)22-21-41(9)12-2;/h14-20,26,30H,11-13,21-25H2,1-10H3,(H,37,39);1H/t26-,30+;/m1./s1. The van der Waals surface area contributed by atoms with Gasteiger partial charge in [0.2, 0.25) is 5.96 Å².